The topological polar surface area (TPSA) is 38.8 Å². The van der Waals surface area contributed by atoms with E-state index >= 15 is 0 Å². The van der Waals surface area contributed by atoms with Crippen LogP contribution in [0.5, 0.6) is 5.75 Å². The molecule has 80 valence electrons. The molecule has 4 heteroatoms. The Morgan fingerprint density at radius 2 is 2.07 bits per heavy atom. The number of nitrogens with zero attached hydrogens (tertiary/aromatic N) is 1. The van der Waals surface area contributed by atoms with Gasteiger partial charge in [-0.15, -0.1) is 0 Å². The number of amides is 1. The van der Waals surface area contributed by atoms with Crippen molar-refractivity contribution in [1.82, 2.24) is 0 Å². The lowest BCUT2D eigenvalue weighted by Crippen LogP contribution is -2.26. The van der Waals surface area contributed by atoms with E-state index in [1.165, 1.54) is 12.2 Å². The lowest BCUT2D eigenvalue weighted by atomic mass is 10.0. The first kappa shape index (κ1) is 9.98. The molecule has 1 unspecified atom stereocenters. The molecule has 0 bridgehead atoms. The predicted molar refractivity (Wildman–Crippen MR) is 55.9 cm³/mol. The molecule has 4 nitrogen and oxygen atoms in total. The average molecular weight is 207 g/mol. The highest BCUT2D eigenvalue weighted by molar-refractivity contribution is 6.03. The number of hydrogen-bond acceptors (Lipinski definition) is 3. The highest BCUT2D eigenvalue weighted by Crippen LogP contribution is 2.38. The van der Waals surface area contributed by atoms with Crippen molar-refractivity contribution in [1.29, 1.82) is 0 Å². The quantitative estimate of drug-likeness (QED) is 0.741. The van der Waals surface area contributed by atoms with Crippen molar-refractivity contribution < 1.29 is 14.4 Å². The van der Waals surface area contributed by atoms with Crippen LogP contribution in [0.4, 0.5) is 5.69 Å². The zero-order valence-corrected chi connectivity index (χ0v) is 8.98. The number of fused-ring (bicyclic) bond motifs is 1. The van der Waals surface area contributed by atoms with Gasteiger partial charge in [0.1, 0.15) is 5.75 Å². The maximum atomic E-state index is 11.8. The molecular weight excluding hydrogens is 194 g/mol. The molecule has 0 saturated carbocycles. The van der Waals surface area contributed by atoms with Crippen LogP contribution in [0.2, 0.25) is 0 Å². The molecule has 1 aliphatic heterocycles. The fourth-order valence-electron chi connectivity index (χ4n) is 1.81. The monoisotopic (exact) mass is 207 g/mol. The van der Waals surface area contributed by atoms with Gasteiger partial charge in [-0.05, 0) is 30.7 Å². The molecule has 0 fully saturated rings. The molecular formula is C11H13NO3. The predicted octanol–water partition coefficient (Wildman–Crippen LogP) is 1.71. The lowest BCUT2D eigenvalue weighted by molar-refractivity contribution is -0.124. The van der Waals surface area contributed by atoms with Crippen molar-refractivity contribution in [3.05, 3.63) is 23.8 Å². The Bertz CT molecular complexity index is 403. The highest BCUT2D eigenvalue weighted by Gasteiger charge is 2.34. The minimum atomic E-state index is -0.171. The third kappa shape index (κ3) is 1.37. The van der Waals surface area contributed by atoms with E-state index in [9.17, 15) is 4.79 Å². The van der Waals surface area contributed by atoms with Gasteiger partial charge in [0.05, 0.1) is 25.8 Å². The molecule has 15 heavy (non-hydrogen) atoms. The summed E-state index contributed by atoms with van der Waals surface area (Å²) in [4.78, 5) is 16.8. The minimum absolute atomic E-state index is 0.0410. The van der Waals surface area contributed by atoms with Gasteiger partial charge in [-0.3, -0.25) is 9.63 Å². The third-order valence-corrected chi connectivity index (χ3v) is 2.67. The standard InChI is InChI=1S/C11H13NO3/c1-7-9-6-8(14-2)4-5-10(9)12(15-3)11(7)13/h4-7H,1-3H3. The second kappa shape index (κ2) is 3.55. The normalized spacial score (nSPS) is 19.3. The van der Waals surface area contributed by atoms with E-state index in [1.807, 2.05) is 25.1 Å². The van der Waals surface area contributed by atoms with Crippen LogP contribution in [0.3, 0.4) is 0 Å². The molecule has 0 aliphatic carbocycles. The number of hydrogen-bond donors (Lipinski definition) is 0. The van der Waals surface area contributed by atoms with Crippen LogP contribution in [-0.4, -0.2) is 20.1 Å². The molecule has 1 heterocycles. The fraction of sp³-hybridized carbons (Fsp3) is 0.364. The summed E-state index contributed by atoms with van der Waals surface area (Å²) < 4.78 is 5.12. The van der Waals surface area contributed by atoms with Crippen LogP contribution in [0.15, 0.2) is 18.2 Å². The summed E-state index contributed by atoms with van der Waals surface area (Å²) in [5.41, 5.74) is 1.75. The zero-order chi connectivity index (χ0) is 11.0. The Labute approximate surface area is 88.4 Å². The van der Waals surface area contributed by atoms with Gasteiger partial charge in [-0.2, -0.15) is 5.06 Å². The van der Waals surface area contributed by atoms with Crippen LogP contribution in [-0.2, 0) is 9.63 Å². The number of methoxy groups -OCH3 is 1. The smallest absolute Gasteiger partial charge is 0.258 e. The maximum absolute atomic E-state index is 11.8. The van der Waals surface area contributed by atoms with Gasteiger partial charge in [0.25, 0.3) is 5.91 Å². The van der Waals surface area contributed by atoms with Crippen molar-refractivity contribution in [3.8, 4) is 5.75 Å². The Kier molecular flexibility index (Phi) is 2.36. The van der Waals surface area contributed by atoms with E-state index in [1.54, 1.807) is 7.11 Å². The molecule has 2 rings (SSSR count). The molecule has 0 N–H and O–H groups in total. The van der Waals surface area contributed by atoms with E-state index in [2.05, 4.69) is 0 Å². The first-order chi connectivity index (χ1) is 7.19. The molecule has 1 amide bonds. The zero-order valence-electron chi connectivity index (χ0n) is 8.98. The van der Waals surface area contributed by atoms with Crippen LogP contribution in [0.25, 0.3) is 0 Å². The highest BCUT2D eigenvalue weighted by atomic mass is 16.7. The van der Waals surface area contributed by atoms with Crippen molar-refractivity contribution in [3.63, 3.8) is 0 Å². The molecule has 0 spiro atoms. The van der Waals surface area contributed by atoms with Gasteiger partial charge in [0.15, 0.2) is 0 Å². The molecule has 0 saturated heterocycles. The number of carbonyl (C=O) groups excluding carboxylic acids is 1. The average Bonchev–Trinajstić information content (AvgIpc) is 2.51. The van der Waals surface area contributed by atoms with E-state index in [0.717, 1.165) is 17.0 Å². The van der Waals surface area contributed by atoms with E-state index in [-0.39, 0.29) is 11.8 Å². The lowest BCUT2D eigenvalue weighted by Gasteiger charge is -2.13. The first-order valence-electron chi connectivity index (χ1n) is 4.75. The number of rotatable bonds is 2. The molecule has 0 radical (unpaired) electrons. The summed E-state index contributed by atoms with van der Waals surface area (Å²) in [7, 11) is 3.10. The maximum Gasteiger partial charge on any atom is 0.258 e. The molecule has 1 aromatic carbocycles. The first-order valence-corrected chi connectivity index (χ1v) is 4.75. The number of anilines is 1. The largest absolute Gasteiger partial charge is 0.497 e. The summed E-state index contributed by atoms with van der Waals surface area (Å²) >= 11 is 0. The minimum Gasteiger partial charge on any atom is -0.497 e. The van der Waals surface area contributed by atoms with Gasteiger partial charge >= 0.3 is 0 Å². The summed E-state index contributed by atoms with van der Waals surface area (Å²) in [6.45, 7) is 1.86. The van der Waals surface area contributed by atoms with E-state index in [0.29, 0.717) is 0 Å². The van der Waals surface area contributed by atoms with Crippen LogP contribution >= 0.6 is 0 Å². The fourth-order valence-corrected chi connectivity index (χ4v) is 1.81. The number of benzene rings is 1. The van der Waals surface area contributed by atoms with Crippen molar-refractivity contribution in [2.75, 3.05) is 19.3 Å². The van der Waals surface area contributed by atoms with Gasteiger partial charge in [0.2, 0.25) is 0 Å². The Morgan fingerprint density at radius 3 is 2.67 bits per heavy atom. The van der Waals surface area contributed by atoms with Gasteiger partial charge in [-0.1, -0.05) is 0 Å². The molecule has 1 aromatic rings. The van der Waals surface area contributed by atoms with Crippen molar-refractivity contribution >= 4 is 11.6 Å². The Balaban J connectivity index is 2.50. The van der Waals surface area contributed by atoms with Crippen LogP contribution in [0, 0.1) is 0 Å². The second-order valence-corrected chi connectivity index (χ2v) is 3.46. The molecule has 0 aromatic heterocycles. The van der Waals surface area contributed by atoms with Crippen LogP contribution in [0.1, 0.15) is 18.4 Å². The summed E-state index contributed by atoms with van der Waals surface area (Å²) in [5.74, 6) is 0.544. The van der Waals surface area contributed by atoms with Gasteiger partial charge < -0.3 is 4.74 Å². The van der Waals surface area contributed by atoms with E-state index < -0.39 is 0 Å². The number of carbonyl (C=O) groups is 1. The van der Waals surface area contributed by atoms with E-state index in [4.69, 9.17) is 9.57 Å². The van der Waals surface area contributed by atoms with Crippen molar-refractivity contribution in [2.24, 2.45) is 0 Å². The SMILES string of the molecule is COc1ccc2c(c1)C(C)C(=O)N2OC. The molecule has 1 aliphatic rings. The summed E-state index contributed by atoms with van der Waals surface area (Å²) in [6, 6.07) is 5.52. The Hall–Kier alpha value is -1.55. The summed E-state index contributed by atoms with van der Waals surface area (Å²) in [5, 5.41) is 1.32. The second-order valence-electron chi connectivity index (χ2n) is 3.46. The van der Waals surface area contributed by atoms with Gasteiger partial charge in [-0.25, -0.2) is 0 Å². The summed E-state index contributed by atoms with van der Waals surface area (Å²) in [6.07, 6.45) is 0. The Morgan fingerprint density at radius 1 is 1.33 bits per heavy atom. The third-order valence-electron chi connectivity index (χ3n) is 2.67. The van der Waals surface area contributed by atoms with Gasteiger partial charge in [0, 0.05) is 0 Å². The molecule has 1 atom stereocenters. The number of ether oxygens (including phenoxy) is 1. The van der Waals surface area contributed by atoms with Crippen LogP contribution < -0.4 is 9.80 Å². The number of hydroxylamine groups is 1. The van der Waals surface area contributed by atoms with Crippen molar-refractivity contribution in [2.45, 2.75) is 12.8 Å².